The molecule has 0 fully saturated rings. The Morgan fingerprint density at radius 1 is 1.30 bits per heavy atom. The Bertz CT molecular complexity index is 949. The van der Waals surface area contributed by atoms with Crippen molar-refractivity contribution in [3.63, 3.8) is 0 Å². The van der Waals surface area contributed by atoms with Gasteiger partial charge in [0.05, 0.1) is 17.8 Å². The van der Waals surface area contributed by atoms with Gasteiger partial charge in [-0.05, 0) is 25.1 Å². The predicted molar refractivity (Wildman–Crippen MR) is 85.9 cm³/mol. The number of amides is 1. The fourth-order valence-electron chi connectivity index (χ4n) is 2.30. The molecule has 0 bridgehead atoms. The van der Waals surface area contributed by atoms with Gasteiger partial charge in [-0.3, -0.25) is 9.78 Å². The second kappa shape index (κ2) is 7.81. The van der Waals surface area contributed by atoms with Crippen LogP contribution in [0.25, 0.3) is 5.82 Å². The number of hydrogen-bond donors (Lipinski definition) is 1. The van der Waals surface area contributed by atoms with Crippen molar-refractivity contribution in [3.05, 3.63) is 60.3 Å². The van der Waals surface area contributed by atoms with Crippen LogP contribution in [0.4, 0.5) is 13.2 Å². The molecule has 0 saturated heterocycles. The number of nitrogens with zero attached hydrogens (tertiary/aromatic N) is 5. The van der Waals surface area contributed by atoms with Gasteiger partial charge in [0.2, 0.25) is 0 Å². The maximum absolute atomic E-state index is 14.0. The molecular weight excluding hydrogens is 365 g/mol. The zero-order valence-electron chi connectivity index (χ0n) is 13.9. The molecule has 0 saturated carbocycles. The molecule has 1 atom stereocenters. The summed E-state index contributed by atoms with van der Waals surface area (Å²) in [5, 5.41) is 6.54. The zero-order valence-corrected chi connectivity index (χ0v) is 13.9. The second-order valence-electron chi connectivity index (χ2n) is 5.32. The SMILES string of the molecule is CC(NC(=O)c1cncc(OC(F)F)c1)c1ncnn1-c1ncccc1F. The topological polar surface area (TPSA) is 94.8 Å². The van der Waals surface area contributed by atoms with E-state index in [1.165, 1.54) is 30.9 Å². The Labute approximate surface area is 151 Å². The number of halogens is 3. The minimum atomic E-state index is -3.03. The summed E-state index contributed by atoms with van der Waals surface area (Å²) < 4.78 is 43.9. The van der Waals surface area contributed by atoms with Gasteiger partial charge >= 0.3 is 6.61 Å². The average molecular weight is 378 g/mol. The van der Waals surface area contributed by atoms with Crippen molar-refractivity contribution in [2.45, 2.75) is 19.6 Å². The van der Waals surface area contributed by atoms with Gasteiger partial charge in [0.1, 0.15) is 12.1 Å². The van der Waals surface area contributed by atoms with E-state index in [0.29, 0.717) is 0 Å². The van der Waals surface area contributed by atoms with Crippen molar-refractivity contribution in [3.8, 4) is 11.6 Å². The molecule has 0 aliphatic carbocycles. The molecule has 1 unspecified atom stereocenters. The van der Waals surface area contributed by atoms with Crippen molar-refractivity contribution in [2.75, 3.05) is 0 Å². The Balaban J connectivity index is 1.79. The fraction of sp³-hybridized carbons (Fsp3) is 0.188. The fourth-order valence-corrected chi connectivity index (χ4v) is 2.30. The summed E-state index contributed by atoms with van der Waals surface area (Å²) in [4.78, 5) is 24.0. The molecule has 3 rings (SSSR count). The first-order chi connectivity index (χ1) is 13.0. The van der Waals surface area contributed by atoms with E-state index in [2.05, 4.69) is 30.1 Å². The molecule has 27 heavy (non-hydrogen) atoms. The molecule has 140 valence electrons. The summed E-state index contributed by atoms with van der Waals surface area (Å²) in [5.74, 6) is -1.30. The van der Waals surface area contributed by atoms with Crippen LogP contribution in [0.15, 0.2) is 43.1 Å². The van der Waals surface area contributed by atoms with Crippen LogP contribution in [-0.2, 0) is 0 Å². The first-order valence-corrected chi connectivity index (χ1v) is 7.67. The third-order valence-electron chi connectivity index (χ3n) is 3.45. The normalized spacial score (nSPS) is 12.0. The van der Waals surface area contributed by atoms with Gasteiger partial charge in [0.25, 0.3) is 5.91 Å². The molecule has 0 spiro atoms. The Morgan fingerprint density at radius 3 is 2.85 bits per heavy atom. The molecule has 3 aromatic rings. The molecule has 8 nitrogen and oxygen atoms in total. The van der Waals surface area contributed by atoms with Crippen LogP contribution in [0.3, 0.4) is 0 Å². The van der Waals surface area contributed by atoms with Gasteiger partial charge in [0, 0.05) is 12.4 Å². The quantitative estimate of drug-likeness (QED) is 0.707. The molecular formula is C16H13F3N6O2. The molecule has 0 aliphatic heterocycles. The number of carbonyl (C=O) groups is 1. The summed E-state index contributed by atoms with van der Waals surface area (Å²) in [6, 6.07) is 3.09. The number of rotatable bonds is 6. The van der Waals surface area contributed by atoms with Crippen molar-refractivity contribution >= 4 is 5.91 Å². The van der Waals surface area contributed by atoms with Crippen LogP contribution in [0.1, 0.15) is 29.1 Å². The lowest BCUT2D eigenvalue weighted by Crippen LogP contribution is -2.29. The molecule has 0 aliphatic rings. The highest BCUT2D eigenvalue weighted by molar-refractivity contribution is 5.94. The van der Waals surface area contributed by atoms with E-state index in [-0.39, 0.29) is 23.0 Å². The molecule has 3 aromatic heterocycles. The van der Waals surface area contributed by atoms with Crippen molar-refractivity contribution in [1.82, 2.24) is 30.0 Å². The molecule has 0 radical (unpaired) electrons. The third kappa shape index (κ3) is 4.19. The zero-order chi connectivity index (χ0) is 19.4. The second-order valence-corrected chi connectivity index (χ2v) is 5.32. The highest BCUT2D eigenvalue weighted by Gasteiger charge is 2.20. The third-order valence-corrected chi connectivity index (χ3v) is 3.45. The van der Waals surface area contributed by atoms with Crippen LogP contribution in [0.5, 0.6) is 5.75 Å². The number of hydrogen-bond acceptors (Lipinski definition) is 6. The Hall–Kier alpha value is -3.50. The van der Waals surface area contributed by atoms with Crippen LogP contribution < -0.4 is 10.1 Å². The van der Waals surface area contributed by atoms with E-state index < -0.39 is 24.4 Å². The molecule has 0 aromatic carbocycles. The smallest absolute Gasteiger partial charge is 0.387 e. The van der Waals surface area contributed by atoms with Gasteiger partial charge < -0.3 is 10.1 Å². The number of pyridine rings is 2. The standard InChI is InChI=1S/C16H13F3N6O2/c1-9(13-22-8-23-25(13)14-12(17)3-2-4-21-14)24-15(26)10-5-11(7-20-6-10)27-16(18)19/h2-9,16H,1H3,(H,24,26). The van der Waals surface area contributed by atoms with E-state index >= 15 is 0 Å². The largest absolute Gasteiger partial charge is 0.433 e. The Morgan fingerprint density at radius 2 is 2.11 bits per heavy atom. The van der Waals surface area contributed by atoms with Gasteiger partial charge in [-0.1, -0.05) is 0 Å². The van der Waals surface area contributed by atoms with E-state index in [1.807, 2.05) is 0 Å². The first kappa shape index (κ1) is 18.3. The van der Waals surface area contributed by atoms with Gasteiger partial charge in [0.15, 0.2) is 17.5 Å². The molecule has 1 N–H and O–H groups in total. The number of alkyl halides is 2. The van der Waals surface area contributed by atoms with E-state index in [1.54, 1.807) is 6.92 Å². The highest BCUT2D eigenvalue weighted by atomic mass is 19.3. The monoisotopic (exact) mass is 378 g/mol. The lowest BCUT2D eigenvalue weighted by molar-refractivity contribution is -0.0501. The molecule has 3 heterocycles. The number of nitrogens with one attached hydrogen (secondary N) is 1. The van der Waals surface area contributed by atoms with Crippen LogP contribution in [0.2, 0.25) is 0 Å². The van der Waals surface area contributed by atoms with Crippen LogP contribution in [0, 0.1) is 5.82 Å². The minimum absolute atomic E-state index is 0.00934. The highest BCUT2D eigenvalue weighted by Crippen LogP contribution is 2.18. The molecule has 1 amide bonds. The van der Waals surface area contributed by atoms with Crippen LogP contribution >= 0.6 is 0 Å². The van der Waals surface area contributed by atoms with Gasteiger partial charge in [-0.25, -0.2) is 14.4 Å². The summed E-state index contributed by atoms with van der Waals surface area (Å²) in [6.45, 7) is -1.43. The average Bonchev–Trinajstić information content (AvgIpc) is 3.11. The van der Waals surface area contributed by atoms with Gasteiger partial charge in [-0.15, -0.1) is 0 Å². The predicted octanol–water partition coefficient (Wildman–Crippen LogP) is 2.29. The summed E-state index contributed by atoms with van der Waals surface area (Å²) >= 11 is 0. The number of ether oxygens (including phenoxy) is 1. The van der Waals surface area contributed by atoms with E-state index in [9.17, 15) is 18.0 Å². The lowest BCUT2D eigenvalue weighted by atomic mass is 10.2. The number of aromatic nitrogens is 5. The molecule has 11 heteroatoms. The van der Waals surface area contributed by atoms with Crippen molar-refractivity contribution in [2.24, 2.45) is 0 Å². The summed E-state index contributed by atoms with van der Waals surface area (Å²) in [5.41, 5.74) is 0.00934. The van der Waals surface area contributed by atoms with E-state index in [0.717, 1.165) is 16.9 Å². The van der Waals surface area contributed by atoms with Crippen LogP contribution in [-0.4, -0.2) is 37.3 Å². The Kier molecular flexibility index (Phi) is 5.29. The minimum Gasteiger partial charge on any atom is -0.433 e. The number of carbonyl (C=O) groups excluding carboxylic acids is 1. The van der Waals surface area contributed by atoms with Crippen molar-refractivity contribution in [1.29, 1.82) is 0 Å². The lowest BCUT2D eigenvalue weighted by Gasteiger charge is -2.14. The summed E-state index contributed by atoms with van der Waals surface area (Å²) in [7, 11) is 0. The van der Waals surface area contributed by atoms with Crippen molar-refractivity contribution < 1.29 is 22.7 Å². The van der Waals surface area contributed by atoms with E-state index in [4.69, 9.17) is 0 Å². The first-order valence-electron chi connectivity index (χ1n) is 7.67. The van der Waals surface area contributed by atoms with Gasteiger partial charge in [-0.2, -0.15) is 18.6 Å². The maximum atomic E-state index is 14.0. The maximum Gasteiger partial charge on any atom is 0.387 e. The summed E-state index contributed by atoms with van der Waals surface area (Å²) in [6.07, 6.45) is 4.86.